The Labute approximate surface area is 79.1 Å². The standard InChI is InChI=1S/C10H17NO2/c1-3-5-8-6-4-7-9(12)11(2)10(8)13/h8H,3-7H2,1-2H3. The van der Waals surface area contributed by atoms with Crippen LogP contribution in [0, 0.1) is 5.92 Å². The van der Waals surface area contributed by atoms with E-state index >= 15 is 0 Å². The Morgan fingerprint density at radius 3 is 2.77 bits per heavy atom. The van der Waals surface area contributed by atoms with Gasteiger partial charge in [-0.1, -0.05) is 13.3 Å². The second-order valence-electron chi connectivity index (χ2n) is 3.67. The van der Waals surface area contributed by atoms with Crippen molar-refractivity contribution in [3.63, 3.8) is 0 Å². The minimum Gasteiger partial charge on any atom is -0.286 e. The van der Waals surface area contributed by atoms with Gasteiger partial charge in [0.2, 0.25) is 11.8 Å². The Bertz CT molecular complexity index is 213. The SMILES string of the molecule is CCCC1CCCC(=O)N(C)C1=O. The molecule has 3 nitrogen and oxygen atoms in total. The summed E-state index contributed by atoms with van der Waals surface area (Å²) in [6, 6.07) is 0. The molecule has 0 aliphatic carbocycles. The summed E-state index contributed by atoms with van der Waals surface area (Å²) >= 11 is 0. The van der Waals surface area contributed by atoms with Gasteiger partial charge in [0.15, 0.2) is 0 Å². The quantitative estimate of drug-likeness (QED) is 0.609. The molecule has 0 spiro atoms. The average molecular weight is 183 g/mol. The van der Waals surface area contributed by atoms with Crippen molar-refractivity contribution >= 4 is 11.8 Å². The zero-order chi connectivity index (χ0) is 9.84. The van der Waals surface area contributed by atoms with Crippen molar-refractivity contribution in [1.29, 1.82) is 0 Å². The molecule has 1 unspecified atom stereocenters. The molecule has 74 valence electrons. The van der Waals surface area contributed by atoms with Gasteiger partial charge in [-0.25, -0.2) is 0 Å². The predicted molar refractivity (Wildman–Crippen MR) is 50.0 cm³/mol. The number of hydrogen-bond donors (Lipinski definition) is 0. The van der Waals surface area contributed by atoms with E-state index in [1.165, 1.54) is 4.90 Å². The van der Waals surface area contributed by atoms with Gasteiger partial charge in [-0.15, -0.1) is 0 Å². The molecule has 0 radical (unpaired) electrons. The van der Waals surface area contributed by atoms with Crippen LogP contribution in [0.3, 0.4) is 0 Å². The number of carbonyl (C=O) groups is 2. The highest BCUT2D eigenvalue weighted by Gasteiger charge is 2.28. The van der Waals surface area contributed by atoms with Crippen molar-refractivity contribution in [1.82, 2.24) is 4.90 Å². The fourth-order valence-corrected chi connectivity index (χ4v) is 1.80. The lowest BCUT2D eigenvalue weighted by molar-refractivity contribution is -0.144. The van der Waals surface area contributed by atoms with Gasteiger partial charge in [0.25, 0.3) is 0 Å². The summed E-state index contributed by atoms with van der Waals surface area (Å²) in [6.07, 6.45) is 4.19. The second-order valence-corrected chi connectivity index (χ2v) is 3.67. The van der Waals surface area contributed by atoms with E-state index in [1.807, 2.05) is 0 Å². The molecule has 1 heterocycles. The van der Waals surface area contributed by atoms with Crippen LogP contribution in [-0.2, 0) is 9.59 Å². The van der Waals surface area contributed by atoms with Crippen molar-refractivity contribution < 1.29 is 9.59 Å². The average Bonchev–Trinajstić information content (AvgIpc) is 2.22. The first kappa shape index (κ1) is 10.2. The third-order valence-corrected chi connectivity index (χ3v) is 2.63. The summed E-state index contributed by atoms with van der Waals surface area (Å²) in [4.78, 5) is 24.2. The van der Waals surface area contributed by atoms with Gasteiger partial charge < -0.3 is 0 Å². The summed E-state index contributed by atoms with van der Waals surface area (Å²) in [7, 11) is 1.60. The Kier molecular flexibility index (Phi) is 3.46. The molecule has 1 aliphatic heterocycles. The summed E-state index contributed by atoms with van der Waals surface area (Å²) < 4.78 is 0. The summed E-state index contributed by atoms with van der Waals surface area (Å²) in [5.41, 5.74) is 0. The van der Waals surface area contributed by atoms with Crippen molar-refractivity contribution in [3.05, 3.63) is 0 Å². The van der Waals surface area contributed by atoms with Gasteiger partial charge in [0.05, 0.1) is 0 Å². The van der Waals surface area contributed by atoms with Crippen LogP contribution in [0.5, 0.6) is 0 Å². The zero-order valence-corrected chi connectivity index (χ0v) is 8.38. The first-order chi connectivity index (χ1) is 6.16. The van der Waals surface area contributed by atoms with Crippen LogP contribution in [0.25, 0.3) is 0 Å². The molecule has 0 aromatic rings. The molecular weight excluding hydrogens is 166 g/mol. The molecule has 0 saturated carbocycles. The third kappa shape index (κ3) is 2.29. The minimum absolute atomic E-state index is 0.0179. The fourth-order valence-electron chi connectivity index (χ4n) is 1.80. The Balaban J connectivity index is 2.67. The smallest absolute Gasteiger partial charge is 0.232 e. The summed E-state index contributed by atoms with van der Waals surface area (Å²) in [5, 5.41) is 0. The molecule has 0 aromatic heterocycles. The highest BCUT2D eigenvalue weighted by molar-refractivity contribution is 5.96. The Morgan fingerprint density at radius 1 is 1.46 bits per heavy atom. The molecular formula is C10H17NO2. The van der Waals surface area contributed by atoms with Crippen LogP contribution in [0.15, 0.2) is 0 Å². The first-order valence-corrected chi connectivity index (χ1v) is 4.97. The number of amides is 2. The highest BCUT2D eigenvalue weighted by atomic mass is 16.2. The van der Waals surface area contributed by atoms with E-state index in [2.05, 4.69) is 6.92 Å². The van der Waals surface area contributed by atoms with E-state index in [0.717, 1.165) is 25.7 Å². The number of carbonyl (C=O) groups excluding carboxylic acids is 2. The normalized spacial score (nSPS) is 24.8. The van der Waals surface area contributed by atoms with Crippen molar-refractivity contribution in [2.24, 2.45) is 5.92 Å². The van der Waals surface area contributed by atoms with Gasteiger partial charge in [-0.2, -0.15) is 0 Å². The van der Waals surface area contributed by atoms with Crippen LogP contribution in [0.4, 0.5) is 0 Å². The third-order valence-electron chi connectivity index (χ3n) is 2.63. The van der Waals surface area contributed by atoms with Crippen molar-refractivity contribution in [3.8, 4) is 0 Å². The molecule has 2 amide bonds. The van der Waals surface area contributed by atoms with Crippen LogP contribution >= 0.6 is 0 Å². The van der Waals surface area contributed by atoms with Gasteiger partial charge in [0.1, 0.15) is 0 Å². The molecule has 3 heteroatoms. The zero-order valence-electron chi connectivity index (χ0n) is 8.38. The van der Waals surface area contributed by atoms with Crippen LogP contribution < -0.4 is 0 Å². The van der Waals surface area contributed by atoms with E-state index in [-0.39, 0.29) is 17.7 Å². The van der Waals surface area contributed by atoms with E-state index < -0.39 is 0 Å². The van der Waals surface area contributed by atoms with Gasteiger partial charge in [-0.3, -0.25) is 14.5 Å². The molecule has 1 rings (SSSR count). The van der Waals surface area contributed by atoms with Gasteiger partial charge >= 0.3 is 0 Å². The lowest BCUT2D eigenvalue weighted by Crippen LogP contribution is -2.35. The molecule has 1 aliphatic rings. The molecule has 0 bridgehead atoms. The van der Waals surface area contributed by atoms with E-state index in [4.69, 9.17) is 0 Å². The monoisotopic (exact) mass is 183 g/mol. The molecule has 1 atom stereocenters. The minimum atomic E-state index is -0.0244. The van der Waals surface area contributed by atoms with Gasteiger partial charge in [-0.05, 0) is 19.3 Å². The molecule has 0 aromatic carbocycles. The van der Waals surface area contributed by atoms with Crippen molar-refractivity contribution in [2.45, 2.75) is 39.0 Å². The first-order valence-electron chi connectivity index (χ1n) is 4.97. The largest absolute Gasteiger partial charge is 0.286 e. The maximum atomic E-state index is 11.7. The molecule has 13 heavy (non-hydrogen) atoms. The molecule has 1 fully saturated rings. The number of hydrogen-bond acceptors (Lipinski definition) is 2. The lowest BCUT2D eigenvalue weighted by atomic mass is 9.97. The van der Waals surface area contributed by atoms with E-state index in [0.29, 0.717) is 6.42 Å². The number of imide groups is 1. The summed E-state index contributed by atoms with van der Waals surface area (Å²) in [6.45, 7) is 2.07. The maximum Gasteiger partial charge on any atom is 0.232 e. The fraction of sp³-hybridized carbons (Fsp3) is 0.800. The van der Waals surface area contributed by atoms with Crippen LogP contribution in [0.2, 0.25) is 0 Å². The highest BCUT2D eigenvalue weighted by Crippen LogP contribution is 2.21. The number of nitrogens with zero attached hydrogens (tertiary/aromatic N) is 1. The van der Waals surface area contributed by atoms with Crippen LogP contribution in [-0.4, -0.2) is 23.8 Å². The predicted octanol–water partition coefficient (Wildman–Crippen LogP) is 1.57. The Hall–Kier alpha value is -0.860. The topological polar surface area (TPSA) is 37.4 Å². The maximum absolute atomic E-state index is 11.7. The van der Waals surface area contributed by atoms with E-state index in [1.54, 1.807) is 7.05 Å². The lowest BCUT2D eigenvalue weighted by Gasteiger charge is -2.17. The number of rotatable bonds is 2. The number of likely N-dealkylation sites (tertiary alicyclic amines) is 1. The van der Waals surface area contributed by atoms with E-state index in [9.17, 15) is 9.59 Å². The summed E-state index contributed by atoms with van der Waals surface area (Å²) in [5.74, 6) is 0.0782. The van der Waals surface area contributed by atoms with Crippen LogP contribution in [0.1, 0.15) is 39.0 Å². The second kappa shape index (κ2) is 4.40. The molecule has 0 N–H and O–H groups in total. The Morgan fingerprint density at radius 2 is 2.15 bits per heavy atom. The van der Waals surface area contributed by atoms with Crippen molar-refractivity contribution in [2.75, 3.05) is 7.05 Å². The van der Waals surface area contributed by atoms with Gasteiger partial charge in [0, 0.05) is 19.4 Å². The molecule has 1 saturated heterocycles.